The van der Waals surface area contributed by atoms with Gasteiger partial charge in [0.25, 0.3) is 5.91 Å². The molecule has 0 spiro atoms. The third-order valence-corrected chi connectivity index (χ3v) is 6.03. The van der Waals surface area contributed by atoms with E-state index in [2.05, 4.69) is 15.8 Å². The Kier molecular flexibility index (Phi) is 7.43. The zero-order valence-electron chi connectivity index (χ0n) is 18.5. The van der Waals surface area contributed by atoms with Crippen LogP contribution in [0, 0.1) is 11.3 Å². The number of thioether (sulfide) groups is 1. The first-order valence-electron chi connectivity index (χ1n) is 10.4. The number of halogens is 2. The molecule has 0 fully saturated rings. The lowest BCUT2D eigenvalue weighted by Crippen LogP contribution is -2.30. The quantitative estimate of drug-likeness (QED) is 0.388. The molecule has 0 saturated carbocycles. The van der Waals surface area contributed by atoms with Crippen LogP contribution in [0.3, 0.4) is 0 Å². The molecule has 1 amide bonds. The minimum absolute atomic E-state index is 0.00637. The van der Waals surface area contributed by atoms with Gasteiger partial charge in [0.2, 0.25) is 0 Å². The molecule has 0 atom stereocenters. The van der Waals surface area contributed by atoms with Crippen LogP contribution >= 0.6 is 11.8 Å². The van der Waals surface area contributed by atoms with Crippen molar-refractivity contribution >= 4 is 34.6 Å². The van der Waals surface area contributed by atoms with Crippen LogP contribution in [0.5, 0.6) is 11.5 Å². The summed E-state index contributed by atoms with van der Waals surface area (Å²) in [7, 11) is 1.57. The van der Waals surface area contributed by atoms with E-state index in [-0.39, 0.29) is 17.4 Å². The van der Waals surface area contributed by atoms with E-state index in [1.54, 1.807) is 37.5 Å². The maximum Gasteiger partial charge on any atom is 0.387 e. The molecule has 3 aromatic rings. The van der Waals surface area contributed by atoms with Crippen molar-refractivity contribution in [1.82, 2.24) is 0 Å². The van der Waals surface area contributed by atoms with E-state index >= 15 is 0 Å². The van der Waals surface area contributed by atoms with Gasteiger partial charge in [-0.2, -0.15) is 14.0 Å². The van der Waals surface area contributed by atoms with Crippen molar-refractivity contribution in [2.75, 3.05) is 12.0 Å². The van der Waals surface area contributed by atoms with Crippen molar-refractivity contribution in [2.45, 2.75) is 12.4 Å². The van der Waals surface area contributed by atoms with Gasteiger partial charge in [-0.3, -0.25) is 9.69 Å². The first-order chi connectivity index (χ1) is 17.0. The van der Waals surface area contributed by atoms with Gasteiger partial charge in [-0.1, -0.05) is 36.0 Å². The first-order valence-corrected chi connectivity index (χ1v) is 11.4. The van der Waals surface area contributed by atoms with Crippen molar-refractivity contribution in [1.29, 1.82) is 5.26 Å². The fourth-order valence-corrected chi connectivity index (χ4v) is 4.25. The number of anilines is 1. The molecule has 3 aromatic carbocycles. The Morgan fingerprint density at radius 2 is 1.69 bits per heavy atom. The Morgan fingerprint density at radius 3 is 2.29 bits per heavy atom. The van der Waals surface area contributed by atoms with E-state index in [9.17, 15) is 13.6 Å². The average molecular weight is 492 g/mol. The molecule has 176 valence electrons. The maximum absolute atomic E-state index is 13.3. The topological polar surface area (TPSA) is 74.9 Å². The van der Waals surface area contributed by atoms with Crippen molar-refractivity contribution in [3.05, 3.63) is 95.2 Å². The number of aliphatic imine (C=N–C) groups is 1. The number of carbonyl (C=O) groups excluding carboxylic acids is 1. The number of hydrogen-bond acceptors (Lipinski definition) is 6. The summed E-state index contributed by atoms with van der Waals surface area (Å²) in [5.41, 5.74) is 3.00. The van der Waals surface area contributed by atoms with Crippen LogP contribution < -0.4 is 14.4 Å². The van der Waals surface area contributed by atoms with E-state index in [0.29, 0.717) is 27.9 Å². The Labute approximate surface area is 205 Å². The van der Waals surface area contributed by atoms with Gasteiger partial charge in [0.15, 0.2) is 5.17 Å². The summed E-state index contributed by atoms with van der Waals surface area (Å²) >= 11 is 1.35. The smallest absolute Gasteiger partial charge is 0.387 e. The molecule has 0 aliphatic carbocycles. The van der Waals surface area contributed by atoms with Gasteiger partial charge in [0.1, 0.15) is 17.2 Å². The molecule has 0 saturated heterocycles. The van der Waals surface area contributed by atoms with Crippen LogP contribution in [0.1, 0.15) is 16.7 Å². The number of ether oxygens (including phenoxy) is 2. The summed E-state index contributed by atoms with van der Waals surface area (Å²) < 4.78 is 34.6. The normalized spacial score (nSPS) is 14.3. The molecule has 4 rings (SSSR count). The lowest BCUT2D eigenvalue weighted by atomic mass is 10.2. The lowest BCUT2D eigenvalue weighted by molar-refractivity contribution is -0.113. The second-order valence-corrected chi connectivity index (χ2v) is 8.25. The summed E-state index contributed by atoms with van der Waals surface area (Å²) in [6.07, 6.45) is 1.68. The Balaban J connectivity index is 1.62. The molecular formula is C26H19F2N3O3S. The predicted molar refractivity (Wildman–Crippen MR) is 131 cm³/mol. The zero-order chi connectivity index (χ0) is 24.8. The number of amides is 1. The minimum atomic E-state index is -2.94. The molecule has 1 heterocycles. The van der Waals surface area contributed by atoms with Gasteiger partial charge >= 0.3 is 6.61 Å². The molecule has 0 N–H and O–H groups in total. The molecule has 35 heavy (non-hydrogen) atoms. The Bertz CT molecular complexity index is 1300. The number of alkyl halides is 2. The maximum atomic E-state index is 13.3. The van der Waals surface area contributed by atoms with Gasteiger partial charge in [-0.15, -0.1) is 0 Å². The lowest BCUT2D eigenvalue weighted by Gasteiger charge is -2.18. The largest absolute Gasteiger partial charge is 0.497 e. The van der Waals surface area contributed by atoms with Gasteiger partial charge in [0, 0.05) is 5.75 Å². The number of nitrogens with zero attached hydrogens (tertiary/aromatic N) is 3. The first kappa shape index (κ1) is 24.0. The number of carbonyl (C=O) groups is 1. The Morgan fingerprint density at radius 1 is 1.03 bits per heavy atom. The fourth-order valence-electron chi connectivity index (χ4n) is 3.28. The fraction of sp³-hybridized carbons (Fsp3) is 0.115. The monoisotopic (exact) mass is 491 g/mol. The number of hydrogen-bond donors (Lipinski definition) is 0. The molecule has 6 nitrogen and oxygen atoms in total. The molecule has 1 aliphatic rings. The standard InChI is InChI=1S/C26H19F2N3O3S/c1-33-21-10-6-17(7-11-21)14-23-24(32)31(20-8-12-22(13-9-20)34-25(27)28)26(30-23)35-16-19-4-2-18(15-29)3-5-19/h2-14,25H,16H2,1H3. The van der Waals surface area contributed by atoms with E-state index in [0.717, 1.165) is 11.1 Å². The molecule has 0 radical (unpaired) electrons. The summed E-state index contributed by atoms with van der Waals surface area (Å²) in [4.78, 5) is 19.3. The number of amidine groups is 1. The van der Waals surface area contributed by atoms with Crippen molar-refractivity contribution in [3.63, 3.8) is 0 Å². The number of benzene rings is 3. The average Bonchev–Trinajstić information content (AvgIpc) is 3.18. The van der Waals surface area contributed by atoms with Crippen LogP contribution in [0.15, 0.2) is 83.5 Å². The van der Waals surface area contributed by atoms with Crippen LogP contribution in [-0.2, 0) is 10.5 Å². The number of rotatable bonds is 7. The molecule has 1 aliphatic heterocycles. The van der Waals surface area contributed by atoms with Crippen LogP contribution in [-0.4, -0.2) is 24.8 Å². The molecule has 0 unspecified atom stereocenters. The summed E-state index contributed by atoms with van der Waals surface area (Å²) in [5.74, 6) is 0.857. The minimum Gasteiger partial charge on any atom is -0.497 e. The van der Waals surface area contributed by atoms with Crippen molar-refractivity contribution < 1.29 is 23.0 Å². The molecule has 9 heteroatoms. The van der Waals surface area contributed by atoms with Gasteiger partial charge in [0.05, 0.1) is 24.4 Å². The van der Waals surface area contributed by atoms with Crippen LogP contribution in [0.2, 0.25) is 0 Å². The second-order valence-electron chi connectivity index (χ2n) is 7.31. The van der Waals surface area contributed by atoms with E-state index in [4.69, 9.17) is 10.00 Å². The van der Waals surface area contributed by atoms with Crippen molar-refractivity contribution in [2.24, 2.45) is 4.99 Å². The third-order valence-electron chi connectivity index (χ3n) is 5.02. The molecular weight excluding hydrogens is 472 g/mol. The second kappa shape index (κ2) is 10.8. The zero-order valence-corrected chi connectivity index (χ0v) is 19.3. The van der Waals surface area contributed by atoms with E-state index in [1.807, 2.05) is 24.3 Å². The SMILES string of the molecule is COc1ccc(C=C2N=C(SCc3ccc(C#N)cc3)N(c3ccc(OC(F)F)cc3)C2=O)cc1. The van der Waals surface area contributed by atoms with E-state index in [1.165, 1.54) is 40.9 Å². The highest BCUT2D eigenvalue weighted by Crippen LogP contribution is 2.32. The Hall–Kier alpha value is -4.16. The predicted octanol–water partition coefficient (Wildman–Crippen LogP) is 5.85. The summed E-state index contributed by atoms with van der Waals surface area (Å²) in [5, 5.41) is 9.43. The third kappa shape index (κ3) is 5.86. The summed E-state index contributed by atoms with van der Waals surface area (Å²) in [6, 6.07) is 22.3. The van der Waals surface area contributed by atoms with Crippen LogP contribution in [0.25, 0.3) is 6.08 Å². The number of nitriles is 1. The summed E-state index contributed by atoms with van der Waals surface area (Å²) in [6.45, 7) is -2.94. The number of methoxy groups -OCH3 is 1. The molecule has 0 aromatic heterocycles. The highest BCUT2D eigenvalue weighted by Gasteiger charge is 2.32. The van der Waals surface area contributed by atoms with Crippen LogP contribution in [0.4, 0.5) is 14.5 Å². The van der Waals surface area contributed by atoms with Gasteiger partial charge in [-0.25, -0.2) is 4.99 Å². The van der Waals surface area contributed by atoms with Gasteiger partial charge < -0.3 is 9.47 Å². The van der Waals surface area contributed by atoms with Crippen molar-refractivity contribution in [3.8, 4) is 17.6 Å². The van der Waals surface area contributed by atoms with Gasteiger partial charge in [-0.05, 0) is 65.7 Å². The highest BCUT2D eigenvalue weighted by atomic mass is 32.2. The highest BCUT2D eigenvalue weighted by molar-refractivity contribution is 8.13. The molecule has 0 bridgehead atoms. The van der Waals surface area contributed by atoms with E-state index < -0.39 is 6.61 Å².